The molecule has 0 saturated carbocycles. The van der Waals surface area contributed by atoms with Gasteiger partial charge >= 0.3 is 11.9 Å². The van der Waals surface area contributed by atoms with Gasteiger partial charge in [-0.1, -0.05) is 19.7 Å². The lowest BCUT2D eigenvalue weighted by molar-refractivity contribution is -0.136. The summed E-state index contributed by atoms with van der Waals surface area (Å²) in [6.07, 6.45) is 4.13. The van der Waals surface area contributed by atoms with Crippen LogP contribution >= 0.6 is 0 Å². The van der Waals surface area contributed by atoms with Crippen LogP contribution in [0.25, 0.3) is 0 Å². The summed E-state index contributed by atoms with van der Waals surface area (Å²) in [7, 11) is 0. The molecular weight excluding hydrogens is 184 g/mol. The minimum atomic E-state index is -0.661. The van der Waals surface area contributed by atoms with Gasteiger partial charge in [-0.3, -0.25) is 0 Å². The van der Waals surface area contributed by atoms with E-state index < -0.39 is 11.9 Å². The highest BCUT2D eigenvalue weighted by Gasteiger charge is 2.00. The normalized spacial score (nSPS) is 9.86. The van der Waals surface area contributed by atoms with Gasteiger partial charge < -0.3 is 9.47 Å². The smallest absolute Gasteiger partial charge is 0.335 e. The van der Waals surface area contributed by atoms with Crippen LogP contribution in [-0.4, -0.2) is 11.9 Å². The van der Waals surface area contributed by atoms with Crippen molar-refractivity contribution in [2.75, 3.05) is 0 Å². The Kier molecular flexibility index (Phi) is 5.46. The number of rotatable bonds is 5. The first-order valence-electron chi connectivity index (χ1n) is 3.64. The fourth-order valence-electron chi connectivity index (χ4n) is 0.436. The molecule has 0 aliphatic carbocycles. The Hall–Kier alpha value is -2.10. The molecule has 0 amide bonds. The molecule has 74 valence electrons. The molecule has 0 rings (SSSR count). The third-order valence-corrected chi connectivity index (χ3v) is 1.04. The second kappa shape index (κ2) is 6.42. The van der Waals surface area contributed by atoms with E-state index in [-0.39, 0.29) is 5.76 Å². The van der Waals surface area contributed by atoms with Gasteiger partial charge in [0.1, 0.15) is 6.26 Å². The number of allylic oxidation sites excluding steroid dienone is 1. The van der Waals surface area contributed by atoms with Crippen LogP contribution in [-0.2, 0) is 19.1 Å². The Balaban J connectivity index is 4.32. The topological polar surface area (TPSA) is 52.6 Å². The van der Waals surface area contributed by atoms with Gasteiger partial charge in [-0.05, 0) is 6.08 Å². The maximum absolute atomic E-state index is 10.7. The molecule has 0 aromatic carbocycles. The van der Waals surface area contributed by atoms with E-state index in [1.807, 2.05) is 0 Å². The molecule has 4 nitrogen and oxygen atoms in total. The fourth-order valence-corrected chi connectivity index (χ4v) is 0.436. The van der Waals surface area contributed by atoms with E-state index in [1.165, 1.54) is 6.08 Å². The lowest BCUT2D eigenvalue weighted by atomic mass is 10.5. The molecule has 0 atom stereocenters. The first-order chi connectivity index (χ1) is 6.63. The van der Waals surface area contributed by atoms with E-state index in [0.717, 1.165) is 18.4 Å². The van der Waals surface area contributed by atoms with Crippen LogP contribution in [0.4, 0.5) is 0 Å². The average Bonchev–Trinajstić information content (AvgIpc) is 2.22. The second-order valence-corrected chi connectivity index (χ2v) is 1.99. The van der Waals surface area contributed by atoms with Gasteiger partial charge in [0.15, 0.2) is 5.76 Å². The zero-order valence-electron chi connectivity index (χ0n) is 7.56. The third kappa shape index (κ3) is 4.71. The Morgan fingerprint density at radius 1 is 0.929 bits per heavy atom. The molecule has 0 aromatic heterocycles. The van der Waals surface area contributed by atoms with Crippen LogP contribution in [0.2, 0.25) is 0 Å². The van der Waals surface area contributed by atoms with Gasteiger partial charge in [0, 0.05) is 12.2 Å². The largest absolute Gasteiger partial charge is 0.427 e. The van der Waals surface area contributed by atoms with Crippen LogP contribution in [0.1, 0.15) is 0 Å². The molecule has 0 unspecified atom stereocenters. The summed E-state index contributed by atoms with van der Waals surface area (Å²) in [4.78, 5) is 21.3. The molecule has 14 heavy (non-hydrogen) atoms. The van der Waals surface area contributed by atoms with Crippen LogP contribution in [0.3, 0.4) is 0 Å². The van der Waals surface area contributed by atoms with E-state index in [0.29, 0.717) is 0 Å². The summed E-state index contributed by atoms with van der Waals surface area (Å²) in [5.41, 5.74) is 0. The molecule has 0 heterocycles. The zero-order chi connectivity index (χ0) is 11.0. The highest BCUT2D eigenvalue weighted by molar-refractivity contribution is 5.83. The number of carbonyl (C=O) groups is 2. The van der Waals surface area contributed by atoms with Crippen molar-refractivity contribution in [2.24, 2.45) is 0 Å². The number of esters is 2. The van der Waals surface area contributed by atoms with Crippen LogP contribution in [0, 0.1) is 0 Å². The first-order valence-corrected chi connectivity index (χ1v) is 3.64. The number of hydrogen-bond donors (Lipinski definition) is 0. The summed E-state index contributed by atoms with van der Waals surface area (Å²) in [6.45, 7) is 9.74. The van der Waals surface area contributed by atoms with E-state index in [4.69, 9.17) is 0 Å². The third-order valence-electron chi connectivity index (χ3n) is 1.04. The minimum absolute atomic E-state index is 0.0186. The Morgan fingerprint density at radius 3 is 1.93 bits per heavy atom. The summed E-state index contributed by atoms with van der Waals surface area (Å²) in [5.74, 6) is -1.30. The summed E-state index contributed by atoms with van der Waals surface area (Å²) < 4.78 is 9.11. The molecule has 0 aliphatic heterocycles. The zero-order valence-corrected chi connectivity index (χ0v) is 7.56. The summed E-state index contributed by atoms with van der Waals surface area (Å²) >= 11 is 0. The molecular formula is C10H10O4. The average molecular weight is 194 g/mol. The van der Waals surface area contributed by atoms with Gasteiger partial charge in [-0.15, -0.1) is 0 Å². The minimum Gasteiger partial charge on any atom is -0.427 e. The number of hydrogen-bond acceptors (Lipinski definition) is 4. The summed E-state index contributed by atoms with van der Waals surface area (Å²) in [5, 5.41) is 0. The quantitative estimate of drug-likeness (QED) is 0.288. The van der Waals surface area contributed by atoms with E-state index in [1.54, 1.807) is 0 Å². The Bertz CT molecular complexity index is 299. The molecule has 0 N–H and O–H groups in total. The Labute approximate surface area is 81.8 Å². The molecule has 0 aromatic rings. The van der Waals surface area contributed by atoms with Gasteiger partial charge in [-0.2, -0.15) is 0 Å². The second-order valence-electron chi connectivity index (χ2n) is 1.99. The maximum Gasteiger partial charge on any atom is 0.335 e. The summed E-state index contributed by atoms with van der Waals surface area (Å²) in [6, 6.07) is 0. The van der Waals surface area contributed by atoms with Crippen molar-refractivity contribution in [2.45, 2.75) is 0 Å². The van der Waals surface area contributed by atoms with E-state index in [2.05, 4.69) is 29.2 Å². The van der Waals surface area contributed by atoms with Crippen molar-refractivity contribution in [3.05, 3.63) is 50.0 Å². The van der Waals surface area contributed by atoms with Gasteiger partial charge in [-0.25, -0.2) is 9.59 Å². The number of carbonyl (C=O) groups excluding carboxylic acids is 2. The van der Waals surface area contributed by atoms with Crippen molar-refractivity contribution >= 4 is 11.9 Å². The monoisotopic (exact) mass is 194 g/mol. The molecule has 0 fully saturated rings. The lowest BCUT2D eigenvalue weighted by Gasteiger charge is -2.00. The molecule has 4 heteroatoms. The highest BCUT2D eigenvalue weighted by atomic mass is 16.6. The lowest BCUT2D eigenvalue weighted by Crippen LogP contribution is -2.00. The van der Waals surface area contributed by atoms with Gasteiger partial charge in [0.05, 0.1) is 0 Å². The predicted octanol–water partition coefficient (Wildman–Crippen LogP) is 1.47. The van der Waals surface area contributed by atoms with Crippen LogP contribution in [0.15, 0.2) is 50.0 Å². The van der Waals surface area contributed by atoms with Crippen molar-refractivity contribution < 1.29 is 19.1 Å². The highest BCUT2D eigenvalue weighted by Crippen LogP contribution is 2.00. The molecule has 0 saturated heterocycles. The van der Waals surface area contributed by atoms with Crippen LogP contribution in [0.5, 0.6) is 0 Å². The Morgan fingerprint density at radius 2 is 1.50 bits per heavy atom. The number of ether oxygens (including phenoxy) is 2. The molecule has 0 aliphatic rings. The molecule has 0 radical (unpaired) electrons. The van der Waals surface area contributed by atoms with Crippen molar-refractivity contribution in [3.63, 3.8) is 0 Å². The van der Waals surface area contributed by atoms with E-state index >= 15 is 0 Å². The van der Waals surface area contributed by atoms with Crippen molar-refractivity contribution in [1.82, 2.24) is 0 Å². The standard InChI is InChI=1S/C10H10O4/c1-4-8(14-10(12)6-3)7-13-9(11)5-2/h4-7H,1-3H2/b8-7+. The van der Waals surface area contributed by atoms with Crippen molar-refractivity contribution in [1.29, 1.82) is 0 Å². The van der Waals surface area contributed by atoms with Gasteiger partial charge in [0.25, 0.3) is 0 Å². The molecule has 0 spiro atoms. The SMILES string of the molecule is C=CC(=O)O/C=C(\C=C)OC(=O)C=C. The van der Waals surface area contributed by atoms with Crippen LogP contribution < -0.4 is 0 Å². The fraction of sp³-hybridized carbons (Fsp3) is 0. The van der Waals surface area contributed by atoms with Gasteiger partial charge in [0.2, 0.25) is 0 Å². The predicted molar refractivity (Wildman–Crippen MR) is 50.9 cm³/mol. The maximum atomic E-state index is 10.7. The van der Waals surface area contributed by atoms with Crippen molar-refractivity contribution in [3.8, 4) is 0 Å². The first kappa shape index (κ1) is 11.9. The van der Waals surface area contributed by atoms with E-state index in [9.17, 15) is 9.59 Å². The molecule has 0 bridgehead atoms.